The third kappa shape index (κ3) is 5.37. The van der Waals surface area contributed by atoms with Gasteiger partial charge < -0.3 is 10.3 Å². The minimum absolute atomic E-state index is 0.0577. The molecule has 1 rings (SSSR count). The molecule has 0 saturated carbocycles. The van der Waals surface area contributed by atoms with Gasteiger partial charge in [0.1, 0.15) is 0 Å². The Morgan fingerprint density at radius 3 is 2.68 bits per heavy atom. The van der Waals surface area contributed by atoms with Gasteiger partial charge in [0.25, 0.3) is 5.56 Å². The summed E-state index contributed by atoms with van der Waals surface area (Å²) in [6.07, 6.45) is 1.86. The number of nitrogens with zero attached hydrogens (tertiary/aromatic N) is 1. The van der Waals surface area contributed by atoms with E-state index in [1.165, 1.54) is 0 Å². The normalized spacial score (nSPS) is 13.5. The Morgan fingerprint density at radius 1 is 1.47 bits per heavy atom. The molecule has 0 saturated heterocycles. The Kier molecular flexibility index (Phi) is 6.07. The Morgan fingerprint density at radius 2 is 2.16 bits per heavy atom. The lowest BCUT2D eigenvalue weighted by Crippen LogP contribution is -2.40. The largest absolute Gasteiger partial charge is 0.316 e. The van der Waals surface area contributed by atoms with Crippen LogP contribution in [-0.4, -0.2) is 28.8 Å². The average Bonchev–Trinajstić information content (AvgIpc) is 2.27. The third-order valence-electron chi connectivity index (χ3n) is 3.06. The SMILES string of the molecule is CCCc1cc(=O)[nH]c(SCC(NC)C(C)(C)C)n1. The first kappa shape index (κ1) is 16.2. The predicted octanol–water partition coefficient (Wildman–Crippen LogP) is 2.45. The number of hydrogen-bond donors (Lipinski definition) is 2. The van der Waals surface area contributed by atoms with Crippen molar-refractivity contribution in [1.29, 1.82) is 0 Å². The highest BCUT2D eigenvalue weighted by Gasteiger charge is 2.23. The van der Waals surface area contributed by atoms with Crippen LogP contribution in [0.5, 0.6) is 0 Å². The average molecular weight is 283 g/mol. The number of thioether (sulfide) groups is 1. The van der Waals surface area contributed by atoms with Crippen molar-refractivity contribution in [3.8, 4) is 0 Å². The maximum atomic E-state index is 11.6. The number of aromatic nitrogens is 2. The minimum Gasteiger partial charge on any atom is -0.316 e. The fourth-order valence-corrected chi connectivity index (χ4v) is 3.21. The van der Waals surface area contributed by atoms with Crippen LogP contribution >= 0.6 is 11.8 Å². The van der Waals surface area contributed by atoms with Crippen molar-refractivity contribution < 1.29 is 0 Å². The molecule has 0 aliphatic carbocycles. The first-order valence-electron chi connectivity index (χ1n) is 6.77. The van der Waals surface area contributed by atoms with Crippen LogP contribution in [-0.2, 0) is 6.42 Å². The van der Waals surface area contributed by atoms with E-state index < -0.39 is 0 Å². The number of aromatic amines is 1. The highest BCUT2D eigenvalue weighted by Crippen LogP contribution is 2.24. The summed E-state index contributed by atoms with van der Waals surface area (Å²) in [6.45, 7) is 8.71. The topological polar surface area (TPSA) is 57.8 Å². The summed E-state index contributed by atoms with van der Waals surface area (Å²) in [6, 6.07) is 1.96. The molecule has 0 aromatic carbocycles. The number of hydrogen-bond acceptors (Lipinski definition) is 4. The van der Waals surface area contributed by atoms with Gasteiger partial charge >= 0.3 is 0 Å². The van der Waals surface area contributed by atoms with Crippen LogP contribution in [0.15, 0.2) is 16.0 Å². The Bertz CT molecular complexity index is 451. The summed E-state index contributed by atoms with van der Waals surface area (Å²) >= 11 is 1.61. The molecule has 1 aromatic heterocycles. The van der Waals surface area contributed by atoms with E-state index in [4.69, 9.17) is 0 Å². The van der Waals surface area contributed by atoms with E-state index in [0.29, 0.717) is 6.04 Å². The van der Waals surface area contributed by atoms with Crippen LogP contribution in [0.3, 0.4) is 0 Å². The highest BCUT2D eigenvalue weighted by atomic mass is 32.2. The molecule has 5 heteroatoms. The molecular formula is C14H25N3OS. The second-order valence-electron chi connectivity index (χ2n) is 5.81. The van der Waals surface area contributed by atoms with Crippen LogP contribution in [0.4, 0.5) is 0 Å². The van der Waals surface area contributed by atoms with Crippen molar-refractivity contribution in [2.24, 2.45) is 5.41 Å². The maximum absolute atomic E-state index is 11.6. The molecule has 0 aliphatic rings. The van der Waals surface area contributed by atoms with Gasteiger partial charge in [0, 0.05) is 23.6 Å². The lowest BCUT2D eigenvalue weighted by molar-refractivity contribution is 0.305. The molecular weight excluding hydrogens is 258 g/mol. The van der Waals surface area contributed by atoms with E-state index >= 15 is 0 Å². The van der Waals surface area contributed by atoms with Gasteiger partial charge in [-0.25, -0.2) is 4.98 Å². The summed E-state index contributed by atoms with van der Waals surface area (Å²) in [5, 5.41) is 4.05. The van der Waals surface area contributed by atoms with E-state index in [1.54, 1.807) is 17.8 Å². The molecule has 0 amide bonds. The van der Waals surface area contributed by atoms with Gasteiger partial charge in [0.15, 0.2) is 5.16 Å². The van der Waals surface area contributed by atoms with E-state index in [1.807, 2.05) is 7.05 Å². The zero-order valence-corrected chi connectivity index (χ0v) is 13.4. The molecule has 1 atom stereocenters. The molecule has 0 fully saturated rings. The van der Waals surface area contributed by atoms with Crippen molar-refractivity contribution in [1.82, 2.24) is 15.3 Å². The molecule has 0 bridgehead atoms. The summed E-state index contributed by atoms with van der Waals surface area (Å²) in [7, 11) is 1.97. The number of nitrogens with one attached hydrogen (secondary N) is 2. The van der Waals surface area contributed by atoms with Crippen LogP contribution in [0.1, 0.15) is 39.8 Å². The van der Waals surface area contributed by atoms with Gasteiger partial charge in [0.2, 0.25) is 0 Å². The van der Waals surface area contributed by atoms with Crippen molar-refractivity contribution in [2.45, 2.75) is 51.7 Å². The number of rotatable bonds is 6. The lowest BCUT2D eigenvalue weighted by atomic mass is 9.88. The molecule has 0 radical (unpaired) electrons. The van der Waals surface area contributed by atoms with Crippen LogP contribution < -0.4 is 10.9 Å². The fraction of sp³-hybridized carbons (Fsp3) is 0.714. The lowest BCUT2D eigenvalue weighted by Gasteiger charge is -2.29. The molecule has 1 unspecified atom stereocenters. The van der Waals surface area contributed by atoms with Gasteiger partial charge in [-0.1, -0.05) is 45.9 Å². The minimum atomic E-state index is -0.0577. The van der Waals surface area contributed by atoms with Gasteiger partial charge in [-0.05, 0) is 18.9 Å². The molecule has 1 heterocycles. The summed E-state index contributed by atoms with van der Waals surface area (Å²) in [5.74, 6) is 0.887. The highest BCUT2D eigenvalue weighted by molar-refractivity contribution is 7.99. The Balaban J connectivity index is 2.74. The molecule has 4 nitrogen and oxygen atoms in total. The maximum Gasteiger partial charge on any atom is 0.251 e. The van der Waals surface area contributed by atoms with Crippen LogP contribution in [0, 0.1) is 5.41 Å². The Hall–Kier alpha value is -0.810. The van der Waals surface area contributed by atoms with Gasteiger partial charge in [0.05, 0.1) is 0 Å². The van der Waals surface area contributed by atoms with Gasteiger partial charge in [-0.15, -0.1) is 0 Å². The molecule has 1 aromatic rings. The zero-order valence-electron chi connectivity index (χ0n) is 12.5. The zero-order chi connectivity index (χ0) is 14.5. The van der Waals surface area contributed by atoms with Crippen molar-refractivity contribution in [3.63, 3.8) is 0 Å². The van der Waals surface area contributed by atoms with Crippen LogP contribution in [0.25, 0.3) is 0 Å². The van der Waals surface area contributed by atoms with E-state index in [0.717, 1.165) is 29.4 Å². The second-order valence-corrected chi connectivity index (χ2v) is 6.82. The van der Waals surface area contributed by atoms with Crippen molar-refractivity contribution in [2.75, 3.05) is 12.8 Å². The van der Waals surface area contributed by atoms with Crippen LogP contribution in [0.2, 0.25) is 0 Å². The molecule has 108 valence electrons. The summed E-state index contributed by atoms with van der Waals surface area (Å²) in [5.41, 5.74) is 1.01. The predicted molar refractivity (Wildman–Crippen MR) is 81.9 cm³/mol. The summed E-state index contributed by atoms with van der Waals surface area (Å²) in [4.78, 5) is 18.9. The van der Waals surface area contributed by atoms with E-state index in [2.05, 4.69) is 43.0 Å². The van der Waals surface area contributed by atoms with Crippen molar-refractivity contribution >= 4 is 11.8 Å². The molecule has 0 aliphatic heterocycles. The number of aryl methyl sites for hydroxylation is 1. The first-order valence-corrected chi connectivity index (χ1v) is 7.75. The molecule has 19 heavy (non-hydrogen) atoms. The Labute approximate surface area is 119 Å². The molecule has 2 N–H and O–H groups in total. The molecule has 0 spiro atoms. The smallest absolute Gasteiger partial charge is 0.251 e. The third-order valence-corrected chi connectivity index (χ3v) is 4.03. The standard InChI is InChI=1S/C14H25N3OS/c1-6-7-10-8-12(18)17-13(16-10)19-9-11(15-5)14(2,3)4/h8,11,15H,6-7,9H2,1-5H3,(H,16,17,18). The van der Waals surface area contributed by atoms with Crippen molar-refractivity contribution in [3.05, 3.63) is 22.1 Å². The second kappa shape index (κ2) is 7.10. The first-order chi connectivity index (χ1) is 8.86. The monoisotopic (exact) mass is 283 g/mol. The van der Waals surface area contributed by atoms with E-state index in [9.17, 15) is 4.79 Å². The fourth-order valence-electron chi connectivity index (χ4n) is 1.86. The quantitative estimate of drug-likeness (QED) is 0.622. The van der Waals surface area contributed by atoms with Gasteiger partial charge in [-0.2, -0.15) is 0 Å². The summed E-state index contributed by atoms with van der Waals surface area (Å²) < 4.78 is 0. The number of H-pyrrole nitrogens is 1. The van der Waals surface area contributed by atoms with Gasteiger partial charge in [-0.3, -0.25) is 4.79 Å². The van der Waals surface area contributed by atoms with E-state index in [-0.39, 0.29) is 11.0 Å².